The Kier molecular flexibility index (Phi) is 5.22. The van der Waals surface area contributed by atoms with Gasteiger partial charge in [-0.15, -0.1) is 0 Å². The normalized spacial score (nSPS) is 15.3. The average Bonchev–Trinajstić information content (AvgIpc) is 3.36. The fraction of sp³-hybridized carbons (Fsp3) is 0.455. The molecule has 0 saturated carbocycles. The highest BCUT2D eigenvalue weighted by molar-refractivity contribution is 5.92. The van der Waals surface area contributed by atoms with Gasteiger partial charge in [-0.2, -0.15) is 10.2 Å². The summed E-state index contributed by atoms with van der Waals surface area (Å²) < 4.78 is 1.81. The minimum absolute atomic E-state index is 0.0138. The highest BCUT2D eigenvalue weighted by Crippen LogP contribution is 2.30. The number of carbonyl (C=O) groups excluding carboxylic acids is 1. The second kappa shape index (κ2) is 7.81. The molecule has 0 bridgehead atoms. The van der Waals surface area contributed by atoms with Gasteiger partial charge >= 0.3 is 0 Å². The van der Waals surface area contributed by atoms with Crippen LogP contribution in [0.25, 0.3) is 11.1 Å². The molecule has 1 aliphatic rings. The number of aromatic nitrogens is 5. The molecule has 0 radical (unpaired) electrons. The smallest absolute Gasteiger partial charge is 0.274 e. The molecule has 1 amide bonds. The Morgan fingerprint density at radius 2 is 1.93 bits per heavy atom. The molecule has 4 heterocycles. The highest BCUT2D eigenvalue weighted by Gasteiger charge is 2.27. The van der Waals surface area contributed by atoms with Gasteiger partial charge in [0, 0.05) is 54.9 Å². The fourth-order valence-electron chi connectivity index (χ4n) is 3.92. The van der Waals surface area contributed by atoms with Crippen molar-refractivity contribution in [2.24, 2.45) is 7.05 Å². The Balaban J connectivity index is 1.45. The largest absolute Gasteiger partial charge is 0.337 e. The number of nitrogens with one attached hydrogen (secondary N) is 1. The maximum atomic E-state index is 12.8. The summed E-state index contributed by atoms with van der Waals surface area (Å²) in [5.41, 5.74) is 5.88. The number of H-pyrrole nitrogens is 1. The van der Waals surface area contributed by atoms with Crippen LogP contribution in [0, 0.1) is 6.92 Å². The number of pyridine rings is 1. The molecular weight excluding hydrogens is 364 g/mol. The molecule has 29 heavy (non-hydrogen) atoms. The third kappa shape index (κ3) is 4.09. The predicted octanol–water partition coefficient (Wildman–Crippen LogP) is 3.66. The van der Waals surface area contributed by atoms with Gasteiger partial charge in [0.05, 0.1) is 6.20 Å². The lowest BCUT2D eigenvalue weighted by Gasteiger charge is -2.31. The van der Waals surface area contributed by atoms with Crippen molar-refractivity contribution in [2.45, 2.75) is 45.4 Å². The number of nitrogens with zero attached hydrogens (tertiary/aromatic N) is 5. The van der Waals surface area contributed by atoms with E-state index in [1.54, 1.807) is 0 Å². The summed E-state index contributed by atoms with van der Waals surface area (Å²) in [6.07, 6.45) is 5.73. The zero-order valence-electron chi connectivity index (χ0n) is 17.5. The van der Waals surface area contributed by atoms with Gasteiger partial charge in [-0.1, -0.05) is 13.8 Å². The van der Waals surface area contributed by atoms with Crippen molar-refractivity contribution in [3.05, 3.63) is 53.4 Å². The van der Waals surface area contributed by atoms with E-state index in [0.29, 0.717) is 17.5 Å². The van der Waals surface area contributed by atoms with E-state index in [0.717, 1.165) is 54.1 Å². The van der Waals surface area contributed by atoms with Crippen molar-refractivity contribution in [2.75, 3.05) is 13.1 Å². The Morgan fingerprint density at radius 3 is 2.55 bits per heavy atom. The predicted molar refractivity (Wildman–Crippen MR) is 112 cm³/mol. The van der Waals surface area contributed by atoms with E-state index in [-0.39, 0.29) is 5.91 Å². The number of piperidine rings is 1. The first kappa shape index (κ1) is 19.4. The zero-order valence-corrected chi connectivity index (χ0v) is 17.5. The molecule has 1 N–H and O–H groups in total. The lowest BCUT2D eigenvalue weighted by molar-refractivity contribution is 0.0706. The first-order chi connectivity index (χ1) is 13.9. The van der Waals surface area contributed by atoms with Gasteiger partial charge in [0.2, 0.25) is 0 Å². The second-order valence-electron chi connectivity index (χ2n) is 8.25. The molecule has 7 heteroatoms. The molecule has 0 atom stereocenters. The van der Waals surface area contributed by atoms with Crippen LogP contribution in [-0.2, 0) is 7.05 Å². The van der Waals surface area contributed by atoms with Crippen molar-refractivity contribution in [3.63, 3.8) is 0 Å². The number of amides is 1. The number of carbonyl (C=O) groups is 1. The molecule has 0 unspecified atom stereocenters. The van der Waals surface area contributed by atoms with E-state index in [4.69, 9.17) is 4.98 Å². The fourth-order valence-corrected chi connectivity index (χ4v) is 3.92. The molecule has 152 valence electrons. The number of likely N-dealkylation sites (tertiary alicyclic amines) is 1. The van der Waals surface area contributed by atoms with E-state index >= 15 is 0 Å². The van der Waals surface area contributed by atoms with Crippen LogP contribution in [-0.4, -0.2) is 48.9 Å². The molecule has 3 aromatic rings. The SMILES string of the molecule is Cc1cc(-c2cnn(C)c2)cc(C2CCN(C(=O)c3cc(C(C)C)[nH]n3)CC2)n1. The van der Waals surface area contributed by atoms with Crippen LogP contribution >= 0.6 is 0 Å². The third-order valence-corrected chi connectivity index (χ3v) is 5.65. The van der Waals surface area contributed by atoms with Crippen LogP contribution in [0.4, 0.5) is 0 Å². The summed E-state index contributed by atoms with van der Waals surface area (Å²) in [6.45, 7) is 7.66. The summed E-state index contributed by atoms with van der Waals surface area (Å²) in [6, 6.07) is 6.15. The van der Waals surface area contributed by atoms with E-state index in [2.05, 4.69) is 41.3 Å². The molecule has 1 saturated heterocycles. The summed E-state index contributed by atoms with van der Waals surface area (Å²) in [5, 5.41) is 11.5. The van der Waals surface area contributed by atoms with E-state index in [1.807, 2.05) is 42.0 Å². The molecule has 0 aromatic carbocycles. The average molecular weight is 393 g/mol. The van der Waals surface area contributed by atoms with Crippen molar-refractivity contribution < 1.29 is 4.79 Å². The minimum atomic E-state index is 0.0138. The number of aromatic amines is 1. The molecule has 7 nitrogen and oxygen atoms in total. The molecule has 1 aliphatic heterocycles. The van der Waals surface area contributed by atoms with Gasteiger partial charge in [0.25, 0.3) is 5.91 Å². The van der Waals surface area contributed by atoms with E-state index in [1.165, 1.54) is 0 Å². The summed E-state index contributed by atoms with van der Waals surface area (Å²) in [5.74, 6) is 0.704. The Hall–Kier alpha value is -2.96. The summed E-state index contributed by atoms with van der Waals surface area (Å²) in [7, 11) is 1.93. The first-order valence-corrected chi connectivity index (χ1v) is 10.2. The molecule has 4 rings (SSSR count). The van der Waals surface area contributed by atoms with Crippen molar-refractivity contribution in [3.8, 4) is 11.1 Å². The summed E-state index contributed by atoms with van der Waals surface area (Å²) >= 11 is 0. The van der Waals surface area contributed by atoms with Gasteiger partial charge in [-0.25, -0.2) is 0 Å². The lowest BCUT2D eigenvalue weighted by atomic mass is 9.91. The van der Waals surface area contributed by atoms with Crippen LogP contribution < -0.4 is 0 Å². The number of rotatable bonds is 4. The van der Waals surface area contributed by atoms with Crippen molar-refractivity contribution >= 4 is 5.91 Å². The van der Waals surface area contributed by atoms with Crippen LogP contribution in [0.3, 0.4) is 0 Å². The van der Waals surface area contributed by atoms with Gasteiger partial charge in [-0.3, -0.25) is 19.6 Å². The molecule has 3 aromatic heterocycles. The van der Waals surface area contributed by atoms with Gasteiger partial charge in [-0.05, 0) is 49.4 Å². The van der Waals surface area contributed by atoms with E-state index < -0.39 is 0 Å². The van der Waals surface area contributed by atoms with Gasteiger partial charge in [0.1, 0.15) is 5.69 Å². The molecular formula is C22H28N6O. The lowest BCUT2D eigenvalue weighted by Crippen LogP contribution is -2.38. The molecule has 0 aliphatic carbocycles. The van der Waals surface area contributed by atoms with Crippen LogP contribution in [0.2, 0.25) is 0 Å². The van der Waals surface area contributed by atoms with Crippen molar-refractivity contribution in [1.82, 2.24) is 29.9 Å². The summed E-state index contributed by atoms with van der Waals surface area (Å²) in [4.78, 5) is 19.5. The molecule has 1 fully saturated rings. The third-order valence-electron chi connectivity index (χ3n) is 5.65. The number of aryl methyl sites for hydroxylation is 2. The quantitative estimate of drug-likeness (QED) is 0.735. The van der Waals surface area contributed by atoms with Crippen LogP contribution in [0.5, 0.6) is 0 Å². The van der Waals surface area contributed by atoms with E-state index in [9.17, 15) is 4.79 Å². The standard InChI is InChI=1S/C22H28N6O/c1-14(2)19-11-21(26-25-19)22(29)28-7-5-16(6-8-28)20-10-17(9-15(3)24-20)18-12-23-27(4)13-18/h9-14,16H,5-8H2,1-4H3,(H,25,26). The monoisotopic (exact) mass is 392 g/mol. The maximum absolute atomic E-state index is 12.8. The number of hydrogen-bond acceptors (Lipinski definition) is 4. The Bertz CT molecular complexity index is 1010. The Labute approximate surface area is 171 Å². The van der Waals surface area contributed by atoms with Crippen LogP contribution in [0.15, 0.2) is 30.6 Å². The highest BCUT2D eigenvalue weighted by atomic mass is 16.2. The zero-order chi connectivity index (χ0) is 20.5. The molecule has 0 spiro atoms. The van der Waals surface area contributed by atoms with Gasteiger partial charge < -0.3 is 4.90 Å². The Morgan fingerprint density at radius 1 is 1.17 bits per heavy atom. The van der Waals surface area contributed by atoms with Crippen LogP contribution in [0.1, 0.15) is 66.1 Å². The topological polar surface area (TPSA) is 79.7 Å². The minimum Gasteiger partial charge on any atom is -0.337 e. The maximum Gasteiger partial charge on any atom is 0.274 e. The van der Waals surface area contributed by atoms with Crippen molar-refractivity contribution in [1.29, 1.82) is 0 Å². The first-order valence-electron chi connectivity index (χ1n) is 10.2. The number of hydrogen-bond donors (Lipinski definition) is 1. The van der Waals surface area contributed by atoms with Gasteiger partial charge in [0.15, 0.2) is 0 Å². The second-order valence-corrected chi connectivity index (χ2v) is 8.25.